The third kappa shape index (κ3) is 2.68. The summed E-state index contributed by atoms with van der Waals surface area (Å²) in [7, 11) is 1.63. The number of rotatable bonds is 2. The molecule has 26 heavy (non-hydrogen) atoms. The van der Waals surface area contributed by atoms with Gasteiger partial charge >= 0.3 is 0 Å². The van der Waals surface area contributed by atoms with Crippen LogP contribution in [-0.2, 0) is 24.3 Å². The van der Waals surface area contributed by atoms with E-state index in [4.69, 9.17) is 0 Å². The first-order valence-electron chi connectivity index (χ1n) is 8.49. The Morgan fingerprint density at radius 3 is 2.88 bits per heavy atom. The highest BCUT2D eigenvalue weighted by molar-refractivity contribution is 7.17. The molecular weight excluding hydrogens is 354 g/mol. The van der Waals surface area contributed by atoms with E-state index in [9.17, 15) is 14.4 Å². The molecule has 0 unspecified atom stereocenters. The first kappa shape index (κ1) is 16.8. The number of hydrogen-bond donors (Lipinski definition) is 1. The highest BCUT2D eigenvalue weighted by Gasteiger charge is 2.34. The van der Waals surface area contributed by atoms with E-state index >= 15 is 0 Å². The predicted octanol–water partition coefficient (Wildman–Crippen LogP) is 1.19. The van der Waals surface area contributed by atoms with Crippen LogP contribution in [0.1, 0.15) is 38.1 Å². The van der Waals surface area contributed by atoms with Gasteiger partial charge in [0.15, 0.2) is 0 Å². The summed E-state index contributed by atoms with van der Waals surface area (Å²) < 4.78 is 1.72. The van der Waals surface area contributed by atoms with E-state index in [2.05, 4.69) is 10.4 Å². The molecule has 2 aliphatic heterocycles. The Morgan fingerprint density at radius 2 is 2.15 bits per heavy atom. The molecule has 0 aliphatic carbocycles. The van der Waals surface area contributed by atoms with E-state index in [1.54, 1.807) is 29.0 Å². The standard InChI is InChI=1S/C17H19N5O3S/c1-3-22-7-10(6-18-22)16(24)21-5-4-11-12(8-21)26-15-14(11)17(25)20(2)9-13(23)19-15/h6-7H,3-5,8-9H2,1-2H3,(H,19,23). The van der Waals surface area contributed by atoms with Crippen molar-refractivity contribution in [1.82, 2.24) is 19.6 Å². The monoisotopic (exact) mass is 373 g/mol. The third-order valence-corrected chi connectivity index (χ3v) is 5.87. The number of fused-ring (bicyclic) bond motifs is 3. The third-order valence-electron chi connectivity index (χ3n) is 4.74. The van der Waals surface area contributed by atoms with E-state index in [0.29, 0.717) is 42.2 Å². The topological polar surface area (TPSA) is 87.5 Å². The second-order valence-electron chi connectivity index (χ2n) is 6.48. The second kappa shape index (κ2) is 6.24. The molecule has 0 fully saturated rings. The summed E-state index contributed by atoms with van der Waals surface area (Å²) >= 11 is 1.39. The SMILES string of the molecule is CCn1cc(C(=O)N2CCc3c(sc4c3C(=O)N(C)CC(=O)N4)C2)cn1. The minimum Gasteiger partial charge on any atom is -0.333 e. The lowest BCUT2D eigenvalue weighted by molar-refractivity contribution is -0.116. The number of aryl methyl sites for hydroxylation is 1. The number of hydrogen-bond acceptors (Lipinski definition) is 5. The Labute approximate surface area is 154 Å². The minimum atomic E-state index is -0.196. The molecule has 136 valence electrons. The molecule has 9 heteroatoms. The Morgan fingerprint density at radius 1 is 1.35 bits per heavy atom. The Bertz CT molecular complexity index is 916. The van der Waals surface area contributed by atoms with Crippen molar-refractivity contribution in [1.29, 1.82) is 0 Å². The lowest BCUT2D eigenvalue weighted by atomic mass is 10.0. The van der Waals surface area contributed by atoms with Gasteiger partial charge in [-0.25, -0.2) is 0 Å². The minimum absolute atomic E-state index is 0.0566. The van der Waals surface area contributed by atoms with Gasteiger partial charge in [-0.15, -0.1) is 11.3 Å². The number of amides is 3. The first-order valence-corrected chi connectivity index (χ1v) is 9.31. The molecule has 0 radical (unpaired) electrons. The summed E-state index contributed by atoms with van der Waals surface area (Å²) in [5, 5.41) is 7.59. The van der Waals surface area contributed by atoms with Crippen LogP contribution in [0, 0.1) is 0 Å². The van der Waals surface area contributed by atoms with Crippen molar-refractivity contribution < 1.29 is 14.4 Å². The van der Waals surface area contributed by atoms with Crippen LogP contribution in [-0.4, -0.2) is 57.4 Å². The van der Waals surface area contributed by atoms with Gasteiger partial charge in [-0.3, -0.25) is 19.1 Å². The average Bonchev–Trinajstić information content (AvgIpc) is 3.21. The van der Waals surface area contributed by atoms with E-state index in [-0.39, 0.29) is 24.3 Å². The number of thiophene rings is 1. The molecule has 2 aliphatic rings. The van der Waals surface area contributed by atoms with Crippen molar-refractivity contribution >= 4 is 34.1 Å². The lowest BCUT2D eigenvalue weighted by Crippen LogP contribution is -2.36. The molecule has 0 saturated heterocycles. The van der Waals surface area contributed by atoms with Gasteiger partial charge in [0.05, 0.1) is 30.4 Å². The van der Waals surface area contributed by atoms with Gasteiger partial charge in [0.25, 0.3) is 11.8 Å². The molecule has 4 rings (SSSR count). The molecule has 0 aromatic carbocycles. The number of nitrogens with zero attached hydrogens (tertiary/aromatic N) is 4. The Kier molecular flexibility index (Phi) is 4.03. The van der Waals surface area contributed by atoms with Gasteiger partial charge in [0.2, 0.25) is 5.91 Å². The van der Waals surface area contributed by atoms with Crippen molar-refractivity contribution in [3.63, 3.8) is 0 Å². The van der Waals surface area contributed by atoms with Crippen LogP contribution in [0.3, 0.4) is 0 Å². The average molecular weight is 373 g/mol. The van der Waals surface area contributed by atoms with Crippen LogP contribution in [0.25, 0.3) is 0 Å². The summed E-state index contributed by atoms with van der Waals surface area (Å²) in [6, 6.07) is 0. The summed E-state index contributed by atoms with van der Waals surface area (Å²) in [6.45, 7) is 3.72. The van der Waals surface area contributed by atoms with Gasteiger partial charge < -0.3 is 15.1 Å². The molecule has 0 bridgehead atoms. The van der Waals surface area contributed by atoms with Crippen molar-refractivity contribution in [3.05, 3.63) is 34.0 Å². The number of anilines is 1. The number of likely N-dealkylation sites (N-methyl/N-ethyl adjacent to an activating group) is 1. The van der Waals surface area contributed by atoms with E-state index in [1.807, 2.05) is 6.92 Å². The van der Waals surface area contributed by atoms with Crippen LogP contribution < -0.4 is 5.32 Å². The van der Waals surface area contributed by atoms with Crippen LogP contribution in [0.15, 0.2) is 12.4 Å². The highest BCUT2D eigenvalue weighted by atomic mass is 32.1. The molecule has 0 saturated carbocycles. The number of aromatic nitrogens is 2. The van der Waals surface area contributed by atoms with Crippen LogP contribution in [0.4, 0.5) is 5.00 Å². The van der Waals surface area contributed by atoms with Crippen LogP contribution in [0.5, 0.6) is 0 Å². The summed E-state index contributed by atoms with van der Waals surface area (Å²) in [5.41, 5.74) is 2.11. The van der Waals surface area contributed by atoms with Gasteiger partial charge in [0.1, 0.15) is 5.00 Å². The number of carbonyl (C=O) groups excluding carboxylic acids is 3. The fraction of sp³-hybridized carbons (Fsp3) is 0.412. The molecule has 2 aromatic heterocycles. The first-order chi connectivity index (χ1) is 12.5. The highest BCUT2D eigenvalue weighted by Crippen LogP contribution is 2.38. The van der Waals surface area contributed by atoms with Crippen molar-refractivity contribution in [2.45, 2.75) is 26.4 Å². The molecule has 3 amide bonds. The maximum Gasteiger partial charge on any atom is 0.257 e. The zero-order valence-electron chi connectivity index (χ0n) is 14.6. The van der Waals surface area contributed by atoms with E-state index in [1.165, 1.54) is 16.2 Å². The smallest absolute Gasteiger partial charge is 0.257 e. The van der Waals surface area contributed by atoms with E-state index in [0.717, 1.165) is 10.4 Å². The molecule has 1 N–H and O–H groups in total. The zero-order chi connectivity index (χ0) is 18.4. The van der Waals surface area contributed by atoms with Crippen molar-refractivity contribution in [2.24, 2.45) is 0 Å². The molecule has 4 heterocycles. The summed E-state index contributed by atoms with van der Waals surface area (Å²) in [4.78, 5) is 41.5. The van der Waals surface area contributed by atoms with Crippen LogP contribution in [0.2, 0.25) is 0 Å². The fourth-order valence-electron chi connectivity index (χ4n) is 3.36. The van der Waals surface area contributed by atoms with Crippen LogP contribution >= 0.6 is 11.3 Å². The molecule has 8 nitrogen and oxygen atoms in total. The Hall–Kier alpha value is -2.68. The predicted molar refractivity (Wildman–Crippen MR) is 96.3 cm³/mol. The fourth-order valence-corrected chi connectivity index (χ4v) is 4.64. The quantitative estimate of drug-likeness (QED) is 0.857. The molecule has 2 aromatic rings. The van der Waals surface area contributed by atoms with Crippen molar-refractivity contribution in [2.75, 3.05) is 25.5 Å². The number of nitrogens with one attached hydrogen (secondary N) is 1. The molecule has 0 atom stereocenters. The van der Waals surface area contributed by atoms with E-state index < -0.39 is 0 Å². The molecular formula is C17H19N5O3S. The normalized spacial score (nSPS) is 16.8. The zero-order valence-corrected chi connectivity index (χ0v) is 15.4. The van der Waals surface area contributed by atoms with Crippen molar-refractivity contribution in [3.8, 4) is 0 Å². The van der Waals surface area contributed by atoms with Gasteiger partial charge in [-0.1, -0.05) is 0 Å². The lowest BCUT2D eigenvalue weighted by Gasteiger charge is -2.27. The largest absolute Gasteiger partial charge is 0.333 e. The van der Waals surface area contributed by atoms with Gasteiger partial charge in [-0.2, -0.15) is 5.10 Å². The number of carbonyl (C=O) groups is 3. The molecule has 0 spiro atoms. The maximum absolute atomic E-state index is 12.7. The van der Waals surface area contributed by atoms with Gasteiger partial charge in [0, 0.05) is 31.2 Å². The second-order valence-corrected chi connectivity index (χ2v) is 7.58. The Balaban J connectivity index is 1.62. The summed E-state index contributed by atoms with van der Waals surface area (Å²) in [5.74, 6) is -0.399. The maximum atomic E-state index is 12.7. The summed E-state index contributed by atoms with van der Waals surface area (Å²) in [6.07, 6.45) is 3.94. The van der Waals surface area contributed by atoms with Gasteiger partial charge in [-0.05, 0) is 18.9 Å².